The average Bonchev–Trinajstić information content (AvgIpc) is 2.37. The molecule has 0 amide bonds. The zero-order valence-electron chi connectivity index (χ0n) is 10.4. The van der Waals surface area contributed by atoms with E-state index in [2.05, 4.69) is 46.1 Å². The van der Waals surface area contributed by atoms with Gasteiger partial charge in [-0.2, -0.15) is 0 Å². The zero-order valence-corrected chi connectivity index (χ0v) is 10.4. The molecule has 0 aliphatic carbocycles. The Morgan fingerprint density at radius 1 is 1.28 bits per heavy atom. The van der Waals surface area contributed by atoms with Crippen molar-refractivity contribution < 1.29 is 0 Å². The fourth-order valence-electron chi connectivity index (χ4n) is 2.52. The van der Waals surface area contributed by atoms with Crippen LogP contribution in [0.15, 0.2) is 36.7 Å². The number of anilines is 3. The Morgan fingerprint density at radius 3 is 2.94 bits per heavy atom. The van der Waals surface area contributed by atoms with Crippen LogP contribution in [0.25, 0.3) is 0 Å². The van der Waals surface area contributed by atoms with E-state index < -0.39 is 0 Å². The second kappa shape index (κ2) is 4.29. The fourth-order valence-corrected chi connectivity index (χ4v) is 2.52. The van der Waals surface area contributed by atoms with Crippen molar-refractivity contribution in [1.29, 1.82) is 0 Å². The molecule has 2 aromatic rings. The smallest absolute Gasteiger partial charge is 0.138 e. The molecule has 0 saturated carbocycles. The molecule has 18 heavy (non-hydrogen) atoms. The molecule has 1 aliphatic rings. The van der Waals surface area contributed by atoms with Crippen LogP contribution in [0.5, 0.6) is 0 Å². The van der Waals surface area contributed by atoms with Gasteiger partial charge in [-0.25, -0.2) is 9.97 Å². The Morgan fingerprint density at radius 2 is 2.11 bits per heavy atom. The van der Waals surface area contributed by atoms with E-state index in [0.29, 0.717) is 11.7 Å². The standard InChI is InChI=1S/C14H16N4/c1-10-6-11-4-2-3-5-12(11)18(8-10)14-7-13(15)16-9-17-14/h2-5,7,9-10H,6,8H2,1H3,(H2,15,16,17). The van der Waals surface area contributed by atoms with Crippen LogP contribution in [-0.2, 0) is 6.42 Å². The summed E-state index contributed by atoms with van der Waals surface area (Å²) >= 11 is 0. The van der Waals surface area contributed by atoms with Crippen molar-refractivity contribution in [2.45, 2.75) is 13.3 Å². The zero-order chi connectivity index (χ0) is 12.5. The van der Waals surface area contributed by atoms with Gasteiger partial charge in [0.1, 0.15) is 18.0 Å². The van der Waals surface area contributed by atoms with Crippen LogP contribution in [0, 0.1) is 5.92 Å². The van der Waals surface area contributed by atoms with Gasteiger partial charge in [0.25, 0.3) is 0 Å². The van der Waals surface area contributed by atoms with Gasteiger partial charge in [-0.1, -0.05) is 25.1 Å². The number of hydrogen-bond donors (Lipinski definition) is 1. The van der Waals surface area contributed by atoms with Crippen molar-refractivity contribution in [2.24, 2.45) is 5.92 Å². The van der Waals surface area contributed by atoms with Crippen LogP contribution < -0.4 is 10.6 Å². The molecule has 0 fully saturated rings. The molecular weight excluding hydrogens is 224 g/mol. The van der Waals surface area contributed by atoms with Crippen LogP contribution in [0.2, 0.25) is 0 Å². The Labute approximate surface area is 106 Å². The van der Waals surface area contributed by atoms with Crippen LogP contribution in [0.4, 0.5) is 17.3 Å². The highest BCUT2D eigenvalue weighted by Crippen LogP contribution is 2.34. The summed E-state index contributed by atoms with van der Waals surface area (Å²) in [5, 5.41) is 0. The Kier molecular flexibility index (Phi) is 2.63. The third-order valence-electron chi connectivity index (χ3n) is 3.30. The normalized spacial score (nSPS) is 18.5. The van der Waals surface area contributed by atoms with Gasteiger partial charge in [0.15, 0.2) is 0 Å². The second-order valence-corrected chi connectivity index (χ2v) is 4.85. The van der Waals surface area contributed by atoms with Crippen LogP contribution in [0.3, 0.4) is 0 Å². The number of hydrogen-bond acceptors (Lipinski definition) is 4. The highest BCUT2D eigenvalue weighted by Gasteiger charge is 2.23. The van der Waals surface area contributed by atoms with E-state index in [9.17, 15) is 0 Å². The maximum absolute atomic E-state index is 5.74. The van der Waals surface area contributed by atoms with Gasteiger partial charge in [-0.3, -0.25) is 0 Å². The maximum atomic E-state index is 5.74. The highest BCUT2D eigenvalue weighted by molar-refractivity contribution is 5.66. The molecule has 2 heterocycles. The van der Waals surface area contributed by atoms with Crippen molar-refractivity contribution >= 4 is 17.3 Å². The van der Waals surface area contributed by atoms with Gasteiger partial charge in [0, 0.05) is 18.3 Å². The minimum absolute atomic E-state index is 0.510. The summed E-state index contributed by atoms with van der Waals surface area (Å²) in [5.41, 5.74) is 8.34. The number of benzene rings is 1. The SMILES string of the molecule is CC1Cc2ccccc2N(c2cc(N)ncn2)C1. The lowest BCUT2D eigenvalue weighted by molar-refractivity contribution is 0.560. The van der Waals surface area contributed by atoms with Gasteiger partial charge in [-0.05, 0) is 24.0 Å². The molecule has 1 aliphatic heterocycles. The topological polar surface area (TPSA) is 55.0 Å². The van der Waals surface area contributed by atoms with Gasteiger partial charge >= 0.3 is 0 Å². The first-order valence-electron chi connectivity index (χ1n) is 6.17. The summed E-state index contributed by atoms with van der Waals surface area (Å²) in [5.74, 6) is 1.99. The summed E-state index contributed by atoms with van der Waals surface area (Å²) in [6.07, 6.45) is 2.64. The number of rotatable bonds is 1. The van der Waals surface area contributed by atoms with Crippen molar-refractivity contribution in [1.82, 2.24) is 9.97 Å². The van der Waals surface area contributed by atoms with E-state index in [4.69, 9.17) is 5.73 Å². The number of para-hydroxylation sites is 1. The third-order valence-corrected chi connectivity index (χ3v) is 3.30. The van der Waals surface area contributed by atoms with Crippen LogP contribution >= 0.6 is 0 Å². The van der Waals surface area contributed by atoms with E-state index >= 15 is 0 Å². The summed E-state index contributed by atoms with van der Waals surface area (Å²) < 4.78 is 0. The first-order chi connectivity index (χ1) is 8.74. The molecule has 2 N–H and O–H groups in total. The lowest BCUT2D eigenvalue weighted by atomic mass is 9.94. The molecule has 0 radical (unpaired) electrons. The summed E-state index contributed by atoms with van der Waals surface area (Å²) in [6.45, 7) is 3.22. The molecular formula is C14H16N4. The third kappa shape index (κ3) is 1.90. The van der Waals surface area contributed by atoms with E-state index in [1.54, 1.807) is 0 Å². The van der Waals surface area contributed by atoms with Gasteiger partial charge in [0.05, 0.1) is 0 Å². The molecule has 1 aromatic carbocycles. The van der Waals surface area contributed by atoms with Crippen molar-refractivity contribution in [2.75, 3.05) is 17.2 Å². The first-order valence-corrected chi connectivity index (χ1v) is 6.17. The molecule has 4 nitrogen and oxygen atoms in total. The van der Waals surface area contributed by atoms with Gasteiger partial charge in [0.2, 0.25) is 0 Å². The van der Waals surface area contributed by atoms with E-state index in [-0.39, 0.29) is 0 Å². The number of nitrogen functional groups attached to an aromatic ring is 1. The van der Waals surface area contributed by atoms with Crippen LogP contribution in [0.1, 0.15) is 12.5 Å². The molecule has 0 spiro atoms. The van der Waals surface area contributed by atoms with E-state index in [1.807, 2.05) is 6.07 Å². The number of nitrogens with zero attached hydrogens (tertiary/aromatic N) is 3. The summed E-state index contributed by atoms with van der Waals surface area (Å²) in [6, 6.07) is 10.3. The lowest BCUT2D eigenvalue weighted by Gasteiger charge is -2.33. The quantitative estimate of drug-likeness (QED) is 0.831. The van der Waals surface area contributed by atoms with Crippen molar-refractivity contribution in [3.05, 3.63) is 42.2 Å². The number of nitrogens with two attached hydrogens (primary N) is 1. The Balaban J connectivity index is 2.07. The monoisotopic (exact) mass is 240 g/mol. The molecule has 4 heteroatoms. The average molecular weight is 240 g/mol. The molecule has 1 aromatic heterocycles. The predicted octanol–water partition coefficient (Wildman–Crippen LogP) is 2.39. The molecule has 3 rings (SSSR count). The highest BCUT2D eigenvalue weighted by atomic mass is 15.2. The Hall–Kier alpha value is -2.10. The molecule has 1 atom stereocenters. The number of fused-ring (bicyclic) bond motifs is 1. The van der Waals surface area contributed by atoms with Gasteiger partial charge < -0.3 is 10.6 Å². The fraction of sp³-hybridized carbons (Fsp3) is 0.286. The summed E-state index contributed by atoms with van der Waals surface area (Å²) in [7, 11) is 0. The minimum atomic E-state index is 0.510. The summed E-state index contributed by atoms with van der Waals surface area (Å²) in [4.78, 5) is 10.5. The minimum Gasteiger partial charge on any atom is -0.384 e. The van der Waals surface area contributed by atoms with Crippen molar-refractivity contribution in [3.63, 3.8) is 0 Å². The maximum Gasteiger partial charge on any atom is 0.138 e. The molecule has 0 bridgehead atoms. The lowest BCUT2D eigenvalue weighted by Crippen LogP contribution is -2.31. The predicted molar refractivity (Wildman–Crippen MR) is 72.8 cm³/mol. The molecule has 92 valence electrons. The van der Waals surface area contributed by atoms with Crippen molar-refractivity contribution in [3.8, 4) is 0 Å². The van der Waals surface area contributed by atoms with E-state index in [0.717, 1.165) is 18.8 Å². The largest absolute Gasteiger partial charge is 0.384 e. The Bertz CT molecular complexity index is 567. The number of aromatic nitrogens is 2. The van der Waals surface area contributed by atoms with Gasteiger partial charge in [-0.15, -0.1) is 0 Å². The molecule has 1 unspecified atom stereocenters. The van der Waals surface area contributed by atoms with Crippen LogP contribution in [-0.4, -0.2) is 16.5 Å². The molecule has 0 saturated heterocycles. The van der Waals surface area contributed by atoms with E-state index in [1.165, 1.54) is 17.6 Å². The second-order valence-electron chi connectivity index (χ2n) is 4.85. The first kappa shape index (κ1) is 11.0.